The van der Waals surface area contributed by atoms with Gasteiger partial charge in [0, 0.05) is 60.8 Å². The molecule has 1 fully saturated rings. The van der Waals surface area contributed by atoms with E-state index in [4.69, 9.17) is 9.47 Å². The van der Waals surface area contributed by atoms with Crippen LogP contribution in [0.25, 0.3) is 28.2 Å². The highest BCUT2D eigenvalue weighted by Crippen LogP contribution is 2.33. The summed E-state index contributed by atoms with van der Waals surface area (Å²) in [5.74, 6) is 0.708. The van der Waals surface area contributed by atoms with Crippen molar-refractivity contribution in [3.05, 3.63) is 77.1 Å². The van der Waals surface area contributed by atoms with E-state index in [1.807, 2.05) is 32.2 Å². The minimum absolute atomic E-state index is 0.00422. The summed E-state index contributed by atoms with van der Waals surface area (Å²) in [6.07, 6.45) is 5.27. The van der Waals surface area contributed by atoms with Crippen molar-refractivity contribution in [1.82, 2.24) is 20.2 Å². The van der Waals surface area contributed by atoms with Crippen LogP contribution in [0.3, 0.4) is 0 Å². The molecule has 0 bridgehead atoms. The summed E-state index contributed by atoms with van der Waals surface area (Å²) >= 11 is 0. The lowest BCUT2D eigenvalue weighted by molar-refractivity contribution is -0.117. The van der Waals surface area contributed by atoms with Crippen LogP contribution in [0, 0.1) is 18.3 Å². The Morgan fingerprint density at radius 2 is 1.81 bits per heavy atom. The van der Waals surface area contributed by atoms with Crippen molar-refractivity contribution in [1.29, 1.82) is 5.26 Å². The van der Waals surface area contributed by atoms with Gasteiger partial charge in [-0.25, -0.2) is 4.98 Å². The normalized spacial score (nSPS) is 14.9. The molecule has 4 aromatic rings. The topological polar surface area (TPSA) is 107 Å². The van der Waals surface area contributed by atoms with Crippen LogP contribution in [-0.4, -0.2) is 68.2 Å². The molecule has 2 aromatic heterocycles. The number of benzene rings is 2. The average Bonchev–Trinajstić information content (AvgIpc) is 3.43. The summed E-state index contributed by atoms with van der Waals surface area (Å²) in [7, 11) is 5.29. The Balaban J connectivity index is 1.39. The first-order chi connectivity index (χ1) is 20.3. The number of piperazine rings is 1. The lowest BCUT2D eigenvalue weighted by Crippen LogP contribution is -2.44. The van der Waals surface area contributed by atoms with E-state index in [1.54, 1.807) is 32.6 Å². The van der Waals surface area contributed by atoms with Gasteiger partial charge >= 0.3 is 0 Å². The number of hydrogen-bond donors (Lipinski definition) is 2. The maximum absolute atomic E-state index is 13.2. The van der Waals surface area contributed by atoms with Gasteiger partial charge in [-0.1, -0.05) is 18.2 Å². The van der Waals surface area contributed by atoms with Crippen LogP contribution < -0.4 is 19.7 Å². The van der Waals surface area contributed by atoms with E-state index >= 15 is 0 Å². The van der Waals surface area contributed by atoms with Crippen molar-refractivity contribution in [2.45, 2.75) is 19.9 Å². The number of nitrogens with zero attached hydrogens (tertiary/aromatic N) is 4. The van der Waals surface area contributed by atoms with Gasteiger partial charge in [0.25, 0.3) is 5.91 Å². The molecule has 0 unspecified atom stereocenters. The van der Waals surface area contributed by atoms with Gasteiger partial charge in [0.15, 0.2) is 11.5 Å². The Morgan fingerprint density at radius 3 is 2.48 bits per heavy atom. The summed E-state index contributed by atoms with van der Waals surface area (Å²) in [6, 6.07) is 15.8. The molecule has 2 aromatic carbocycles. The predicted molar refractivity (Wildman–Crippen MR) is 166 cm³/mol. The average molecular weight is 565 g/mol. The number of nitriles is 1. The summed E-state index contributed by atoms with van der Waals surface area (Å²) in [5.41, 5.74) is 6.58. The minimum atomic E-state index is -0.463. The molecule has 2 N–H and O–H groups in total. The number of nitrogens with one attached hydrogen (secondary N) is 2. The summed E-state index contributed by atoms with van der Waals surface area (Å²) in [6.45, 7) is 8.05. The Labute approximate surface area is 246 Å². The van der Waals surface area contributed by atoms with E-state index in [2.05, 4.69) is 62.5 Å². The van der Waals surface area contributed by atoms with Crippen LogP contribution in [0.2, 0.25) is 0 Å². The summed E-state index contributed by atoms with van der Waals surface area (Å²) in [5, 5.41) is 13.7. The first-order valence-corrected chi connectivity index (χ1v) is 14.0. The van der Waals surface area contributed by atoms with Crippen LogP contribution >= 0.6 is 0 Å². The van der Waals surface area contributed by atoms with E-state index < -0.39 is 5.91 Å². The number of methoxy groups -OCH3 is 2. The van der Waals surface area contributed by atoms with E-state index in [1.165, 1.54) is 5.69 Å². The van der Waals surface area contributed by atoms with E-state index in [0.717, 1.165) is 59.4 Å². The van der Waals surface area contributed by atoms with Gasteiger partial charge < -0.3 is 29.6 Å². The van der Waals surface area contributed by atoms with Crippen molar-refractivity contribution in [2.24, 2.45) is 0 Å². The number of rotatable bonds is 8. The second kappa shape index (κ2) is 12.4. The molecular weight excluding hydrogens is 528 g/mol. The van der Waals surface area contributed by atoms with Crippen molar-refractivity contribution < 1.29 is 14.3 Å². The number of aromatic nitrogens is 2. The third kappa shape index (κ3) is 5.80. The number of hydrogen-bond acceptors (Lipinski definition) is 7. The SMILES string of the molecule is COc1ccc([C@@H](C)NC(=O)/C(C#N)=C/c2c[nH]c3ncc(-c4ccc(N5CCN(C)CC5)cc4)c(C)c23)cc1OC. The number of carbonyl (C=O) groups is 1. The van der Waals surface area contributed by atoms with Crippen molar-refractivity contribution in [2.75, 3.05) is 52.3 Å². The number of pyridine rings is 1. The zero-order valence-corrected chi connectivity index (χ0v) is 24.7. The van der Waals surface area contributed by atoms with Crippen LogP contribution in [-0.2, 0) is 4.79 Å². The molecular formula is C33H36N6O3. The number of aryl methyl sites for hydroxylation is 1. The number of H-pyrrole nitrogens is 1. The molecule has 1 amide bonds. The lowest BCUT2D eigenvalue weighted by Gasteiger charge is -2.34. The maximum Gasteiger partial charge on any atom is 0.262 e. The summed E-state index contributed by atoms with van der Waals surface area (Å²) in [4.78, 5) is 25.8. The fourth-order valence-electron chi connectivity index (χ4n) is 5.39. The molecule has 1 aliphatic rings. The Bertz CT molecular complexity index is 1660. The van der Waals surface area contributed by atoms with E-state index in [9.17, 15) is 10.1 Å². The molecule has 1 saturated heterocycles. The zero-order valence-electron chi connectivity index (χ0n) is 24.7. The fourth-order valence-corrected chi connectivity index (χ4v) is 5.39. The quantitative estimate of drug-likeness (QED) is 0.227. The van der Waals surface area contributed by atoms with E-state index in [0.29, 0.717) is 17.1 Å². The number of fused-ring (bicyclic) bond motifs is 1. The molecule has 0 aliphatic carbocycles. The van der Waals surface area contributed by atoms with Crippen LogP contribution in [0.1, 0.15) is 29.7 Å². The molecule has 0 radical (unpaired) electrons. The number of carbonyl (C=O) groups excluding carboxylic acids is 1. The third-order valence-corrected chi connectivity index (χ3v) is 7.96. The van der Waals surface area contributed by atoms with Gasteiger partial charge in [-0.3, -0.25) is 4.79 Å². The van der Waals surface area contributed by atoms with Crippen molar-refractivity contribution in [3.63, 3.8) is 0 Å². The second-order valence-corrected chi connectivity index (χ2v) is 10.6. The van der Waals surface area contributed by atoms with Gasteiger partial charge in [0.2, 0.25) is 0 Å². The minimum Gasteiger partial charge on any atom is -0.493 e. The van der Waals surface area contributed by atoms with Crippen molar-refractivity contribution in [3.8, 4) is 28.7 Å². The van der Waals surface area contributed by atoms with Gasteiger partial charge in [0.05, 0.1) is 20.3 Å². The van der Waals surface area contributed by atoms with Crippen LogP contribution in [0.4, 0.5) is 5.69 Å². The summed E-state index contributed by atoms with van der Waals surface area (Å²) < 4.78 is 10.7. The fraction of sp³-hybridized carbons (Fsp3) is 0.303. The highest BCUT2D eigenvalue weighted by Gasteiger charge is 2.19. The molecule has 5 rings (SSSR count). The van der Waals surface area contributed by atoms with E-state index in [-0.39, 0.29) is 11.6 Å². The molecule has 3 heterocycles. The number of ether oxygens (including phenoxy) is 2. The first-order valence-electron chi connectivity index (χ1n) is 14.0. The maximum atomic E-state index is 13.2. The molecule has 9 heteroatoms. The first kappa shape index (κ1) is 28.7. The van der Waals surface area contributed by atoms with Gasteiger partial charge in [-0.15, -0.1) is 0 Å². The largest absolute Gasteiger partial charge is 0.493 e. The molecule has 1 atom stereocenters. The molecule has 1 aliphatic heterocycles. The van der Waals surface area contributed by atoms with Gasteiger partial charge in [-0.05, 0) is 67.9 Å². The third-order valence-electron chi connectivity index (χ3n) is 7.96. The second-order valence-electron chi connectivity index (χ2n) is 10.6. The number of aromatic amines is 1. The molecule has 0 saturated carbocycles. The zero-order chi connectivity index (χ0) is 29.8. The highest BCUT2D eigenvalue weighted by atomic mass is 16.5. The van der Waals surface area contributed by atoms with Crippen LogP contribution in [0.5, 0.6) is 11.5 Å². The molecule has 0 spiro atoms. The Morgan fingerprint density at radius 1 is 1.10 bits per heavy atom. The molecule has 216 valence electrons. The van der Waals surface area contributed by atoms with Gasteiger partial charge in [-0.2, -0.15) is 5.26 Å². The van der Waals surface area contributed by atoms with Crippen LogP contribution in [0.15, 0.2) is 60.4 Å². The predicted octanol–water partition coefficient (Wildman–Crippen LogP) is 5.09. The smallest absolute Gasteiger partial charge is 0.262 e. The lowest BCUT2D eigenvalue weighted by atomic mass is 9.98. The Hall–Kier alpha value is -4.81. The number of anilines is 1. The number of likely N-dealkylation sites (N-methyl/N-ethyl adjacent to an activating group) is 1. The van der Waals surface area contributed by atoms with Crippen molar-refractivity contribution >= 4 is 28.7 Å². The number of amides is 1. The highest BCUT2D eigenvalue weighted by molar-refractivity contribution is 6.04. The standard InChI is InChI=1S/C33H36N6O3/c1-21-28(23-6-9-27(10-7-23)39-14-12-38(3)13-15-39)20-36-32-31(21)26(19-35-32)16-25(18-34)33(40)37-22(2)24-8-11-29(41-4)30(17-24)42-5/h6-11,16-17,19-20,22H,12-15H2,1-5H3,(H,35,36)(H,37,40)/b25-16+/t22-/m1/s1. The van der Waals surface area contributed by atoms with Gasteiger partial charge in [0.1, 0.15) is 17.3 Å². The molecule has 42 heavy (non-hydrogen) atoms. The monoisotopic (exact) mass is 564 g/mol. The Kier molecular flexibility index (Phi) is 8.46. The molecule has 9 nitrogen and oxygen atoms in total.